The first-order chi connectivity index (χ1) is 9.42. The molecule has 0 amide bonds. The van der Waals surface area contributed by atoms with Gasteiger partial charge in [-0.05, 0) is 31.2 Å². The molecule has 2 heteroatoms. The molecule has 2 nitrogen and oxygen atoms in total. The maximum atomic E-state index is 3.68. The molecule has 1 N–H and O–H groups in total. The predicted octanol–water partition coefficient (Wildman–Crippen LogP) is 2.61. The molecule has 102 valence electrons. The SMILES string of the molecule is C1=CCC(N2CCNC(Cc3ccccc3)C2)CC1. The molecule has 1 aliphatic heterocycles. The third-order valence-corrected chi connectivity index (χ3v) is 4.37. The Kier molecular flexibility index (Phi) is 4.31. The van der Waals surface area contributed by atoms with E-state index in [-0.39, 0.29) is 0 Å². The van der Waals surface area contributed by atoms with E-state index in [9.17, 15) is 0 Å². The highest BCUT2D eigenvalue weighted by Gasteiger charge is 2.25. The van der Waals surface area contributed by atoms with Gasteiger partial charge in [0.25, 0.3) is 0 Å². The van der Waals surface area contributed by atoms with E-state index in [4.69, 9.17) is 0 Å². The Bertz CT molecular complexity index is 413. The topological polar surface area (TPSA) is 15.3 Å². The fraction of sp³-hybridized carbons (Fsp3) is 0.529. The lowest BCUT2D eigenvalue weighted by Gasteiger charge is -2.39. The van der Waals surface area contributed by atoms with E-state index in [0.29, 0.717) is 6.04 Å². The van der Waals surface area contributed by atoms with E-state index in [0.717, 1.165) is 19.0 Å². The highest BCUT2D eigenvalue weighted by atomic mass is 15.2. The number of hydrogen-bond acceptors (Lipinski definition) is 2. The summed E-state index contributed by atoms with van der Waals surface area (Å²) in [6, 6.07) is 12.3. The molecule has 2 atom stereocenters. The zero-order valence-electron chi connectivity index (χ0n) is 11.6. The monoisotopic (exact) mass is 256 g/mol. The first-order valence-electron chi connectivity index (χ1n) is 7.58. The van der Waals surface area contributed by atoms with Crippen LogP contribution in [0.2, 0.25) is 0 Å². The molecule has 1 fully saturated rings. The maximum Gasteiger partial charge on any atom is 0.0236 e. The molecule has 1 aromatic carbocycles. The number of hydrogen-bond donors (Lipinski definition) is 1. The van der Waals surface area contributed by atoms with Crippen LogP contribution in [0.3, 0.4) is 0 Å². The lowest BCUT2D eigenvalue weighted by Crippen LogP contribution is -2.54. The molecule has 2 aliphatic rings. The average molecular weight is 256 g/mol. The zero-order chi connectivity index (χ0) is 12.9. The molecule has 0 spiro atoms. The summed E-state index contributed by atoms with van der Waals surface area (Å²) in [7, 11) is 0. The first kappa shape index (κ1) is 12.9. The highest BCUT2D eigenvalue weighted by Crippen LogP contribution is 2.19. The third-order valence-electron chi connectivity index (χ3n) is 4.37. The van der Waals surface area contributed by atoms with Crippen molar-refractivity contribution in [3.05, 3.63) is 48.0 Å². The van der Waals surface area contributed by atoms with Crippen molar-refractivity contribution in [2.24, 2.45) is 0 Å². The van der Waals surface area contributed by atoms with Crippen molar-refractivity contribution in [1.82, 2.24) is 10.2 Å². The van der Waals surface area contributed by atoms with Crippen molar-refractivity contribution in [2.75, 3.05) is 19.6 Å². The molecule has 0 radical (unpaired) electrons. The Balaban J connectivity index is 1.57. The van der Waals surface area contributed by atoms with Gasteiger partial charge < -0.3 is 5.32 Å². The number of allylic oxidation sites excluding steroid dienone is 1. The molecule has 0 bridgehead atoms. The van der Waals surface area contributed by atoms with Crippen LogP contribution in [0.15, 0.2) is 42.5 Å². The number of piperazine rings is 1. The second-order valence-electron chi connectivity index (χ2n) is 5.77. The lowest BCUT2D eigenvalue weighted by molar-refractivity contribution is 0.135. The van der Waals surface area contributed by atoms with Gasteiger partial charge in [0.1, 0.15) is 0 Å². The molecule has 0 aromatic heterocycles. The minimum Gasteiger partial charge on any atom is -0.311 e. The van der Waals surface area contributed by atoms with Gasteiger partial charge in [-0.15, -0.1) is 0 Å². The van der Waals surface area contributed by atoms with Gasteiger partial charge in [0.05, 0.1) is 0 Å². The van der Waals surface area contributed by atoms with Gasteiger partial charge in [-0.2, -0.15) is 0 Å². The largest absolute Gasteiger partial charge is 0.311 e. The standard InChI is InChI=1S/C17H24N2/c1-3-7-15(8-4-1)13-16-14-19(12-11-18-16)17-9-5-2-6-10-17/h1-5,7-8,16-18H,6,9-14H2. The van der Waals surface area contributed by atoms with Crippen molar-refractivity contribution in [3.8, 4) is 0 Å². The smallest absolute Gasteiger partial charge is 0.0236 e. The van der Waals surface area contributed by atoms with Crippen LogP contribution in [0.25, 0.3) is 0 Å². The normalized spacial score (nSPS) is 28.4. The summed E-state index contributed by atoms with van der Waals surface area (Å²) in [4.78, 5) is 2.70. The van der Waals surface area contributed by atoms with E-state index in [1.54, 1.807) is 0 Å². The molecule has 0 saturated carbocycles. The summed E-state index contributed by atoms with van der Waals surface area (Å²) in [5, 5.41) is 3.68. The van der Waals surface area contributed by atoms with Crippen LogP contribution in [0.5, 0.6) is 0 Å². The molecular weight excluding hydrogens is 232 g/mol. The Morgan fingerprint density at radius 2 is 2.05 bits per heavy atom. The second kappa shape index (κ2) is 6.36. The Hall–Kier alpha value is -1.12. The first-order valence-corrected chi connectivity index (χ1v) is 7.58. The van der Waals surface area contributed by atoms with E-state index in [1.807, 2.05) is 0 Å². The number of nitrogens with zero attached hydrogens (tertiary/aromatic N) is 1. The number of benzene rings is 1. The number of nitrogens with one attached hydrogen (secondary N) is 1. The summed E-state index contributed by atoms with van der Waals surface area (Å²) >= 11 is 0. The third kappa shape index (κ3) is 3.46. The zero-order valence-corrected chi connectivity index (χ0v) is 11.6. The number of rotatable bonds is 3. The fourth-order valence-corrected chi connectivity index (χ4v) is 3.33. The van der Waals surface area contributed by atoms with Gasteiger partial charge >= 0.3 is 0 Å². The Labute approximate surface area is 116 Å². The Morgan fingerprint density at radius 3 is 2.84 bits per heavy atom. The van der Waals surface area contributed by atoms with Gasteiger partial charge in [0, 0.05) is 31.7 Å². The molecule has 1 heterocycles. The summed E-state index contributed by atoms with van der Waals surface area (Å²) < 4.78 is 0. The highest BCUT2D eigenvalue weighted by molar-refractivity contribution is 5.16. The summed E-state index contributed by atoms with van der Waals surface area (Å²) in [5.74, 6) is 0. The molecule has 1 aliphatic carbocycles. The second-order valence-corrected chi connectivity index (χ2v) is 5.77. The minimum atomic E-state index is 0.613. The molecule has 19 heavy (non-hydrogen) atoms. The molecule has 2 unspecified atom stereocenters. The van der Waals surface area contributed by atoms with Crippen LogP contribution >= 0.6 is 0 Å². The minimum absolute atomic E-state index is 0.613. The van der Waals surface area contributed by atoms with Gasteiger partial charge in [-0.3, -0.25) is 4.90 Å². The van der Waals surface area contributed by atoms with E-state index in [1.165, 1.54) is 37.9 Å². The van der Waals surface area contributed by atoms with Crippen LogP contribution in [0, 0.1) is 0 Å². The molecule has 1 aromatic rings. The Morgan fingerprint density at radius 1 is 1.16 bits per heavy atom. The maximum absolute atomic E-state index is 3.68. The van der Waals surface area contributed by atoms with E-state index < -0.39 is 0 Å². The van der Waals surface area contributed by atoms with Crippen LogP contribution in [-0.2, 0) is 6.42 Å². The molecule has 3 rings (SSSR count). The van der Waals surface area contributed by atoms with Gasteiger partial charge in [0.2, 0.25) is 0 Å². The van der Waals surface area contributed by atoms with Gasteiger partial charge in [0.15, 0.2) is 0 Å². The van der Waals surface area contributed by atoms with Crippen molar-refractivity contribution in [1.29, 1.82) is 0 Å². The van der Waals surface area contributed by atoms with Crippen molar-refractivity contribution < 1.29 is 0 Å². The van der Waals surface area contributed by atoms with Crippen LogP contribution < -0.4 is 5.32 Å². The van der Waals surface area contributed by atoms with Gasteiger partial charge in [-0.25, -0.2) is 0 Å². The van der Waals surface area contributed by atoms with Gasteiger partial charge in [-0.1, -0.05) is 42.5 Å². The summed E-state index contributed by atoms with van der Waals surface area (Å²) in [6.45, 7) is 3.55. The summed E-state index contributed by atoms with van der Waals surface area (Å²) in [6.07, 6.45) is 9.70. The van der Waals surface area contributed by atoms with E-state index in [2.05, 4.69) is 52.7 Å². The quantitative estimate of drug-likeness (QED) is 0.836. The van der Waals surface area contributed by atoms with E-state index >= 15 is 0 Å². The predicted molar refractivity (Wildman–Crippen MR) is 80.3 cm³/mol. The fourth-order valence-electron chi connectivity index (χ4n) is 3.33. The van der Waals surface area contributed by atoms with Crippen molar-refractivity contribution >= 4 is 0 Å². The van der Waals surface area contributed by atoms with Crippen LogP contribution in [0.4, 0.5) is 0 Å². The van der Waals surface area contributed by atoms with Crippen LogP contribution in [-0.4, -0.2) is 36.6 Å². The van der Waals surface area contributed by atoms with Crippen molar-refractivity contribution in [2.45, 2.75) is 37.8 Å². The van der Waals surface area contributed by atoms with Crippen molar-refractivity contribution in [3.63, 3.8) is 0 Å². The van der Waals surface area contributed by atoms with Crippen LogP contribution in [0.1, 0.15) is 24.8 Å². The lowest BCUT2D eigenvalue weighted by atomic mass is 9.97. The average Bonchev–Trinajstić information content (AvgIpc) is 2.49. The molecule has 1 saturated heterocycles. The molecular formula is C17H24N2. The summed E-state index contributed by atoms with van der Waals surface area (Å²) in [5.41, 5.74) is 1.45.